The second-order valence-corrected chi connectivity index (χ2v) is 7.60. The third-order valence-corrected chi connectivity index (χ3v) is 5.63. The molecular formula is C18H28ClFN4. The fourth-order valence-electron chi connectivity index (χ4n) is 3.84. The van der Waals surface area contributed by atoms with Gasteiger partial charge in [0.25, 0.3) is 0 Å². The van der Waals surface area contributed by atoms with Gasteiger partial charge in [-0.3, -0.25) is 4.90 Å². The first-order valence-corrected chi connectivity index (χ1v) is 9.26. The van der Waals surface area contributed by atoms with E-state index in [9.17, 15) is 4.39 Å². The molecule has 0 aromatic heterocycles. The lowest BCUT2D eigenvalue weighted by molar-refractivity contribution is 0.0758. The summed E-state index contributed by atoms with van der Waals surface area (Å²) in [5.41, 5.74) is 0.901. The summed E-state index contributed by atoms with van der Waals surface area (Å²) in [7, 11) is 4.35. The van der Waals surface area contributed by atoms with Crippen LogP contribution in [0.2, 0.25) is 5.02 Å². The van der Waals surface area contributed by atoms with Crippen LogP contribution in [0.5, 0.6) is 0 Å². The van der Waals surface area contributed by atoms with Crippen molar-refractivity contribution >= 4 is 17.3 Å². The van der Waals surface area contributed by atoms with Gasteiger partial charge in [-0.2, -0.15) is 0 Å². The molecule has 1 aromatic rings. The molecule has 0 aliphatic carbocycles. The lowest BCUT2D eigenvalue weighted by Crippen LogP contribution is -2.56. The number of likely N-dealkylation sites (tertiary alicyclic amines) is 1. The average molecular weight is 355 g/mol. The number of anilines is 1. The Balaban J connectivity index is 1.54. The number of nitrogens with one attached hydrogen (secondary N) is 2. The molecule has 0 spiro atoms. The Morgan fingerprint density at radius 3 is 2.67 bits per heavy atom. The number of piperidine rings is 2. The van der Waals surface area contributed by atoms with Crippen molar-refractivity contribution in [3.8, 4) is 0 Å². The third kappa shape index (κ3) is 4.39. The molecule has 6 heteroatoms. The Morgan fingerprint density at radius 2 is 2.00 bits per heavy atom. The van der Waals surface area contributed by atoms with Crippen molar-refractivity contribution in [3.63, 3.8) is 0 Å². The van der Waals surface area contributed by atoms with E-state index in [1.807, 2.05) is 0 Å². The molecule has 4 nitrogen and oxygen atoms in total. The molecule has 1 aromatic carbocycles. The van der Waals surface area contributed by atoms with E-state index in [4.69, 9.17) is 11.6 Å². The smallest absolute Gasteiger partial charge is 0.141 e. The topological polar surface area (TPSA) is 30.5 Å². The number of hydrogen-bond acceptors (Lipinski definition) is 4. The predicted octanol–water partition coefficient (Wildman–Crippen LogP) is 3.00. The summed E-state index contributed by atoms with van der Waals surface area (Å²) in [5.74, 6) is -0.367. The second-order valence-electron chi connectivity index (χ2n) is 7.20. The quantitative estimate of drug-likeness (QED) is 0.870. The Kier molecular flexibility index (Phi) is 5.98. The van der Waals surface area contributed by atoms with Gasteiger partial charge in [-0.05, 0) is 64.5 Å². The monoisotopic (exact) mass is 354 g/mol. The zero-order chi connectivity index (χ0) is 17.1. The maximum Gasteiger partial charge on any atom is 0.141 e. The summed E-state index contributed by atoms with van der Waals surface area (Å²) in [5, 5.41) is 7.35. The van der Waals surface area contributed by atoms with Gasteiger partial charge in [0.1, 0.15) is 5.82 Å². The molecule has 2 unspecified atom stereocenters. The lowest BCUT2D eigenvalue weighted by Gasteiger charge is -2.43. The fraction of sp³-hybridized carbons (Fsp3) is 0.667. The molecular weight excluding hydrogens is 327 g/mol. The molecule has 2 aliphatic rings. The minimum Gasteiger partial charge on any atom is -0.382 e. The standard InChI is InChI=1S/C18H28ClFN4/c1-23(2)15-6-9-24(10-7-15)18-12-14(5-8-21-18)22-13-3-4-17(20)16(19)11-13/h3-4,11,14-15,18,21-22H,5-10,12H2,1-2H3. The lowest BCUT2D eigenvalue weighted by atomic mass is 9.98. The summed E-state index contributed by atoms with van der Waals surface area (Å²) < 4.78 is 13.3. The van der Waals surface area contributed by atoms with Crippen LogP contribution < -0.4 is 10.6 Å². The highest BCUT2D eigenvalue weighted by atomic mass is 35.5. The molecule has 0 radical (unpaired) electrons. The van der Waals surface area contributed by atoms with Gasteiger partial charge in [0.05, 0.1) is 11.2 Å². The number of halogens is 2. The molecule has 0 saturated carbocycles. The van der Waals surface area contributed by atoms with Crippen LogP contribution in [0.25, 0.3) is 0 Å². The van der Waals surface area contributed by atoms with Crippen molar-refractivity contribution in [1.82, 2.24) is 15.1 Å². The van der Waals surface area contributed by atoms with Gasteiger partial charge in [0.15, 0.2) is 0 Å². The molecule has 2 saturated heterocycles. The Bertz CT molecular complexity index is 546. The number of rotatable bonds is 4. The Labute approximate surface area is 149 Å². The summed E-state index contributed by atoms with van der Waals surface area (Å²) in [6, 6.07) is 5.97. The van der Waals surface area contributed by atoms with Crippen LogP contribution in [-0.4, -0.2) is 61.8 Å². The minimum absolute atomic E-state index is 0.177. The summed E-state index contributed by atoms with van der Waals surface area (Å²) in [6.45, 7) is 3.30. The minimum atomic E-state index is -0.367. The van der Waals surface area contributed by atoms with E-state index >= 15 is 0 Å². The number of nitrogens with zero attached hydrogens (tertiary/aromatic N) is 2. The molecule has 2 aliphatic heterocycles. The summed E-state index contributed by atoms with van der Waals surface area (Å²) in [4.78, 5) is 4.92. The molecule has 2 fully saturated rings. The van der Waals surface area contributed by atoms with Crippen molar-refractivity contribution in [2.75, 3.05) is 39.0 Å². The van der Waals surface area contributed by atoms with E-state index in [1.165, 1.54) is 18.9 Å². The zero-order valence-electron chi connectivity index (χ0n) is 14.6. The van der Waals surface area contributed by atoms with Gasteiger partial charge in [0.2, 0.25) is 0 Å². The van der Waals surface area contributed by atoms with Gasteiger partial charge in [-0.15, -0.1) is 0 Å². The molecule has 2 N–H and O–H groups in total. The van der Waals surface area contributed by atoms with E-state index in [2.05, 4.69) is 34.5 Å². The van der Waals surface area contributed by atoms with Crippen molar-refractivity contribution < 1.29 is 4.39 Å². The summed E-state index contributed by atoms with van der Waals surface area (Å²) in [6.07, 6.45) is 5.02. The predicted molar refractivity (Wildman–Crippen MR) is 98.1 cm³/mol. The van der Waals surface area contributed by atoms with E-state index in [0.29, 0.717) is 18.2 Å². The highest BCUT2D eigenvalue weighted by Crippen LogP contribution is 2.24. The van der Waals surface area contributed by atoms with Crippen LogP contribution in [-0.2, 0) is 0 Å². The molecule has 134 valence electrons. The van der Waals surface area contributed by atoms with Gasteiger partial charge in [0, 0.05) is 30.9 Å². The molecule has 2 atom stereocenters. The van der Waals surface area contributed by atoms with Crippen molar-refractivity contribution in [1.29, 1.82) is 0 Å². The zero-order valence-corrected chi connectivity index (χ0v) is 15.3. The average Bonchev–Trinajstić information content (AvgIpc) is 2.58. The second kappa shape index (κ2) is 8.00. The van der Waals surface area contributed by atoms with E-state index in [-0.39, 0.29) is 10.8 Å². The van der Waals surface area contributed by atoms with Gasteiger partial charge >= 0.3 is 0 Å². The van der Waals surface area contributed by atoms with Crippen LogP contribution in [0.1, 0.15) is 25.7 Å². The van der Waals surface area contributed by atoms with Crippen LogP contribution in [0.4, 0.5) is 10.1 Å². The largest absolute Gasteiger partial charge is 0.382 e. The Morgan fingerprint density at radius 1 is 1.25 bits per heavy atom. The van der Waals surface area contributed by atoms with Crippen LogP contribution in [0.15, 0.2) is 18.2 Å². The third-order valence-electron chi connectivity index (χ3n) is 5.34. The van der Waals surface area contributed by atoms with Crippen molar-refractivity contribution in [2.45, 2.75) is 43.9 Å². The number of hydrogen-bond donors (Lipinski definition) is 2. The normalized spacial score (nSPS) is 26.7. The van der Waals surface area contributed by atoms with E-state index < -0.39 is 0 Å². The van der Waals surface area contributed by atoms with Crippen molar-refractivity contribution in [3.05, 3.63) is 29.0 Å². The van der Waals surface area contributed by atoms with Crippen molar-refractivity contribution in [2.24, 2.45) is 0 Å². The molecule has 24 heavy (non-hydrogen) atoms. The van der Waals surface area contributed by atoms with E-state index in [1.54, 1.807) is 12.1 Å². The van der Waals surface area contributed by atoms with Crippen LogP contribution in [0.3, 0.4) is 0 Å². The highest BCUT2D eigenvalue weighted by molar-refractivity contribution is 6.31. The molecule has 3 rings (SSSR count). The first kappa shape index (κ1) is 17.9. The van der Waals surface area contributed by atoms with Gasteiger partial charge in [-0.1, -0.05) is 11.6 Å². The first-order chi connectivity index (χ1) is 11.5. The molecule has 0 bridgehead atoms. The van der Waals surface area contributed by atoms with Gasteiger partial charge < -0.3 is 15.5 Å². The molecule has 0 amide bonds. The van der Waals surface area contributed by atoms with Crippen LogP contribution in [0, 0.1) is 5.82 Å². The van der Waals surface area contributed by atoms with Crippen LogP contribution >= 0.6 is 11.6 Å². The Hall–Kier alpha value is -0.880. The van der Waals surface area contributed by atoms with E-state index in [0.717, 1.165) is 38.2 Å². The summed E-state index contributed by atoms with van der Waals surface area (Å²) >= 11 is 5.88. The maximum atomic E-state index is 13.3. The first-order valence-electron chi connectivity index (χ1n) is 8.88. The molecule has 2 heterocycles. The fourth-order valence-corrected chi connectivity index (χ4v) is 4.02. The number of benzene rings is 1. The van der Waals surface area contributed by atoms with Gasteiger partial charge in [-0.25, -0.2) is 4.39 Å². The SMILES string of the molecule is CN(C)C1CCN(C2CC(Nc3ccc(F)c(Cl)c3)CCN2)CC1. The maximum absolute atomic E-state index is 13.3. The highest BCUT2D eigenvalue weighted by Gasteiger charge is 2.29.